The Hall–Kier alpha value is -0.770. The highest BCUT2D eigenvalue weighted by molar-refractivity contribution is 6.31. The van der Waals surface area contributed by atoms with Crippen molar-refractivity contribution in [3.63, 3.8) is 0 Å². The second-order valence-corrected chi connectivity index (χ2v) is 6.93. The number of morpholine rings is 1. The molecule has 1 aliphatic heterocycles. The minimum absolute atomic E-state index is 0.126. The van der Waals surface area contributed by atoms with Gasteiger partial charge in [0.2, 0.25) is 0 Å². The van der Waals surface area contributed by atoms with Crippen molar-refractivity contribution in [3.8, 4) is 0 Å². The van der Waals surface area contributed by atoms with Crippen LogP contribution in [0.25, 0.3) is 0 Å². The molecule has 0 aliphatic carbocycles. The summed E-state index contributed by atoms with van der Waals surface area (Å²) in [5.41, 5.74) is 7.99. The van der Waals surface area contributed by atoms with Crippen molar-refractivity contribution < 1.29 is 4.74 Å². The van der Waals surface area contributed by atoms with E-state index in [9.17, 15) is 0 Å². The van der Waals surface area contributed by atoms with E-state index in [2.05, 4.69) is 37.8 Å². The summed E-state index contributed by atoms with van der Waals surface area (Å²) in [5.74, 6) is 0. The first-order chi connectivity index (χ1) is 9.27. The molecule has 2 atom stereocenters. The molecule has 0 radical (unpaired) electrons. The van der Waals surface area contributed by atoms with E-state index in [1.807, 2.05) is 13.0 Å². The Kier molecular flexibility index (Phi) is 4.62. The third-order valence-corrected chi connectivity index (χ3v) is 3.86. The third-order valence-electron chi connectivity index (χ3n) is 3.51. The fourth-order valence-corrected chi connectivity index (χ4v) is 3.15. The minimum Gasteiger partial charge on any atom is -0.369 e. The number of nitrogens with two attached hydrogens (primary N) is 1. The number of anilines is 1. The van der Waals surface area contributed by atoms with Crippen LogP contribution in [0.5, 0.6) is 0 Å². The van der Waals surface area contributed by atoms with E-state index in [-0.39, 0.29) is 17.7 Å². The molecular formula is C16H25ClN2O. The van der Waals surface area contributed by atoms with E-state index in [1.165, 1.54) is 0 Å². The molecule has 0 saturated carbocycles. The topological polar surface area (TPSA) is 38.5 Å². The number of hydrogen-bond donors (Lipinski definition) is 1. The van der Waals surface area contributed by atoms with Crippen LogP contribution in [0.1, 0.15) is 33.3 Å². The number of hydrogen-bond acceptors (Lipinski definition) is 3. The van der Waals surface area contributed by atoms with Crippen LogP contribution in [0.3, 0.4) is 0 Å². The molecule has 3 nitrogen and oxygen atoms in total. The smallest absolute Gasteiger partial charge is 0.0805 e. The highest BCUT2D eigenvalue weighted by Crippen LogP contribution is 2.29. The van der Waals surface area contributed by atoms with Crippen molar-refractivity contribution in [2.45, 2.75) is 51.9 Å². The van der Waals surface area contributed by atoms with Gasteiger partial charge in [0.05, 0.1) is 11.7 Å². The predicted octanol–water partition coefficient (Wildman–Crippen LogP) is 3.23. The quantitative estimate of drug-likeness (QED) is 0.931. The molecule has 112 valence electrons. The van der Waals surface area contributed by atoms with Crippen molar-refractivity contribution in [2.75, 3.05) is 18.0 Å². The molecule has 4 heteroatoms. The summed E-state index contributed by atoms with van der Waals surface area (Å²) in [4.78, 5) is 2.34. The molecule has 1 aromatic rings. The van der Waals surface area contributed by atoms with Crippen molar-refractivity contribution in [1.82, 2.24) is 0 Å². The van der Waals surface area contributed by atoms with Crippen LogP contribution in [0, 0.1) is 0 Å². The second-order valence-electron chi connectivity index (χ2n) is 6.53. The average Bonchev–Trinajstić information content (AvgIpc) is 2.28. The van der Waals surface area contributed by atoms with Gasteiger partial charge in [-0.25, -0.2) is 0 Å². The molecule has 20 heavy (non-hydrogen) atoms. The van der Waals surface area contributed by atoms with E-state index >= 15 is 0 Å². The van der Waals surface area contributed by atoms with Crippen LogP contribution in [0.2, 0.25) is 5.02 Å². The van der Waals surface area contributed by atoms with Crippen molar-refractivity contribution in [1.29, 1.82) is 0 Å². The normalized spacial score (nSPS) is 23.7. The van der Waals surface area contributed by atoms with Crippen LogP contribution < -0.4 is 10.6 Å². The van der Waals surface area contributed by atoms with Crippen molar-refractivity contribution in [2.24, 2.45) is 5.73 Å². The average molecular weight is 297 g/mol. The summed E-state index contributed by atoms with van der Waals surface area (Å²) in [6, 6.07) is 6.40. The highest BCUT2D eigenvalue weighted by Gasteiger charge is 2.31. The monoisotopic (exact) mass is 296 g/mol. The predicted molar refractivity (Wildman–Crippen MR) is 85.6 cm³/mol. The summed E-state index contributed by atoms with van der Waals surface area (Å²) in [5, 5.41) is 0.803. The molecule has 0 spiro atoms. The summed E-state index contributed by atoms with van der Waals surface area (Å²) < 4.78 is 5.94. The van der Waals surface area contributed by atoms with Gasteiger partial charge in [-0.15, -0.1) is 0 Å². The van der Waals surface area contributed by atoms with Gasteiger partial charge in [0.15, 0.2) is 0 Å². The lowest BCUT2D eigenvalue weighted by molar-refractivity contribution is -0.0749. The molecule has 0 amide bonds. The molecule has 1 fully saturated rings. The SMILES string of the molecule is CC(N)Cc1ccc(N2CC(C)OC(C)(C)C2)cc1Cl. The molecule has 2 rings (SSSR count). The first-order valence-electron chi connectivity index (χ1n) is 7.23. The Balaban J connectivity index is 2.19. The molecule has 1 aliphatic rings. The summed E-state index contributed by atoms with van der Waals surface area (Å²) >= 11 is 6.39. The molecule has 0 aromatic heterocycles. The van der Waals surface area contributed by atoms with E-state index in [4.69, 9.17) is 22.1 Å². The number of benzene rings is 1. The molecule has 2 N–H and O–H groups in total. The minimum atomic E-state index is -0.130. The van der Waals surface area contributed by atoms with Crippen LogP contribution in [0.4, 0.5) is 5.69 Å². The summed E-state index contributed by atoms with van der Waals surface area (Å²) in [7, 11) is 0. The molecule has 2 unspecified atom stereocenters. The van der Waals surface area contributed by atoms with Crippen molar-refractivity contribution >= 4 is 17.3 Å². The van der Waals surface area contributed by atoms with Crippen LogP contribution in [-0.4, -0.2) is 30.8 Å². The Morgan fingerprint density at radius 1 is 1.50 bits per heavy atom. The Morgan fingerprint density at radius 3 is 2.75 bits per heavy atom. The van der Waals surface area contributed by atoms with Gasteiger partial charge in [0.1, 0.15) is 0 Å². The maximum atomic E-state index is 6.39. The zero-order valence-electron chi connectivity index (χ0n) is 12.8. The lowest BCUT2D eigenvalue weighted by atomic mass is 10.0. The van der Waals surface area contributed by atoms with Gasteiger partial charge in [-0.1, -0.05) is 17.7 Å². The molecule has 0 bridgehead atoms. The second kappa shape index (κ2) is 5.92. The van der Waals surface area contributed by atoms with Crippen LogP contribution in [-0.2, 0) is 11.2 Å². The zero-order valence-corrected chi connectivity index (χ0v) is 13.6. The Bertz CT molecular complexity index is 474. The lowest BCUT2D eigenvalue weighted by Gasteiger charge is -2.43. The van der Waals surface area contributed by atoms with Gasteiger partial charge in [0, 0.05) is 29.8 Å². The lowest BCUT2D eigenvalue weighted by Crippen LogP contribution is -2.52. The van der Waals surface area contributed by atoms with E-state index in [1.54, 1.807) is 0 Å². The molecule has 1 saturated heterocycles. The molecule has 1 aromatic carbocycles. The van der Waals surface area contributed by atoms with E-state index < -0.39 is 0 Å². The number of halogens is 1. The first-order valence-corrected chi connectivity index (χ1v) is 7.61. The Labute approximate surface area is 127 Å². The highest BCUT2D eigenvalue weighted by atomic mass is 35.5. The van der Waals surface area contributed by atoms with Gasteiger partial charge >= 0.3 is 0 Å². The van der Waals surface area contributed by atoms with Gasteiger partial charge < -0.3 is 15.4 Å². The Morgan fingerprint density at radius 2 is 2.20 bits per heavy atom. The standard InChI is InChI=1S/C16H25ClN2O/c1-11(18)7-13-5-6-14(8-15(13)17)19-9-12(2)20-16(3,4)10-19/h5-6,8,11-12H,7,9-10,18H2,1-4H3. The fraction of sp³-hybridized carbons (Fsp3) is 0.625. The summed E-state index contributed by atoms with van der Waals surface area (Å²) in [6.07, 6.45) is 1.03. The maximum Gasteiger partial charge on any atom is 0.0805 e. The van der Waals surface area contributed by atoms with Crippen molar-refractivity contribution in [3.05, 3.63) is 28.8 Å². The number of nitrogens with zero attached hydrogens (tertiary/aromatic N) is 1. The molecular weight excluding hydrogens is 272 g/mol. The van der Waals surface area contributed by atoms with E-state index in [0.29, 0.717) is 0 Å². The van der Waals surface area contributed by atoms with Gasteiger partial charge in [-0.05, 0) is 51.8 Å². The van der Waals surface area contributed by atoms with Gasteiger partial charge in [0.25, 0.3) is 0 Å². The zero-order chi connectivity index (χ0) is 14.9. The van der Waals surface area contributed by atoms with Gasteiger partial charge in [-0.3, -0.25) is 0 Å². The van der Waals surface area contributed by atoms with Gasteiger partial charge in [-0.2, -0.15) is 0 Å². The third kappa shape index (κ3) is 3.87. The fourth-order valence-electron chi connectivity index (χ4n) is 2.90. The number of ether oxygens (including phenoxy) is 1. The van der Waals surface area contributed by atoms with Crippen LogP contribution in [0.15, 0.2) is 18.2 Å². The van der Waals surface area contributed by atoms with Crippen LogP contribution >= 0.6 is 11.6 Å². The molecule has 1 heterocycles. The summed E-state index contributed by atoms with van der Waals surface area (Å²) in [6.45, 7) is 10.1. The largest absolute Gasteiger partial charge is 0.369 e. The van der Waals surface area contributed by atoms with E-state index in [0.717, 1.165) is 35.8 Å². The maximum absolute atomic E-state index is 6.39. The number of rotatable bonds is 3. The first kappa shape index (κ1) is 15.6.